The van der Waals surface area contributed by atoms with E-state index in [9.17, 15) is 14.7 Å². The third-order valence-electron chi connectivity index (χ3n) is 4.40. The van der Waals surface area contributed by atoms with E-state index in [1.165, 1.54) is 12.0 Å². The maximum absolute atomic E-state index is 12.1. The number of hydrogen-bond donors (Lipinski definition) is 2. The minimum atomic E-state index is -0.861. The van der Waals surface area contributed by atoms with E-state index in [1.54, 1.807) is 44.4 Å². The average molecular weight is 465 g/mol. The molecule has 1 heterocycles. The summed E-state index contributed by atoms with van der Waals surface area (Å²) in [6, 6.07) is 9.00. The first kappa shape index (κ1) is 28.1. The smallest absolute Gasteiger partial charge is 0.376 e. The van der Waals surface area contributed by atoms with Gasteiger partial charge < -0.3 is 20.1 Å². The predicted molar refractivity (Wildman–Crippen MR) is 134 cm³/mol. The summed E-state index contributed by atoms with van der Waals surface area (Å²) in [5.74, 6) is 4.99. The third-order valence-corrected chi connectivity index (χ3v) is 4.40. The molecule has 0 radical (unpaired) electrons. The molecule has 0 fully saturated rings. The summed E-state index contributed by atoms with van der Waals surface area (Å²) in [6.07, 6.45) is 3.53. The van der Waals surface area contributed by atoms with Gasteiger partial charge in [0.25, 0.3) is 0 Å². The van der Waals surface area contributed by atoms with Crippen LogP contribution in [0.3, 0.4) is 0 Å². The first-order chi connectivity index (χ1) is 16.4. The van der Waals surface area contributed by atoms with Crippen LogP contribution in [-0.4, -0.2) is 66.2 Å². The molecule has 1 atom stereocenters. The van der Waals surface area contributed by atoms with Crippen LogP contribution in [0.2, 0.25) is 0 Å². The molecule has 1 aromatic carbocycles. The Bertz CT molecular complexity index is 1070. The molecule has 0 aliphatic carbocycles. The molecule has 2 aromatic rings. The largest absolute Gasteiger partial charge is 0.463 e. The van der Waals surface area contributed by atoms with Crippen molar-refractivity contribution in [3.05, 3.63) is 66.1 Å². The second-order valence-corrected chi connectivity index (χ2v) is 6.76. The number of ether oxygens (including phenoxy) is 1. The molecule has 2 rings (SSSR count). The number of esters is 1. The molecular formula is C26H32N4O4. The normalized spacial score (nSPS) is 11.1. The van der Waals surface area contributed by atoms with Gasteiger partial charge in [0.05, 0.1) is 24.2 Å². The molecule has 1 amide bonds. The SMILES string of the molecule is C=C/C=C(\NC)c1cc(-c2cccc(C#CC(O)CCN(C)C=O)c2)nc(C(=O)OC)n1.CC. The molecule has 1 aromatic heterocycles. The van der Waals surface area contributed by atoms with Crippen LogP contribution >= 0.6 is 0 Å². The summed E-state index contributed by atoms with van der Waals surface area (Å²) >= 11 is 0. The number of nitrogens with zero attached hydrogens (tertiary/aromatic N) is 3. The number of amides is 1. The van der Waals surface area contributed by atoms with Crippen molar-refractivity contribution in [1.82, 2.24) is 20.2 Å². The van der Waals surface area contributed by atoms with Crippen molar-refractivity contribution in [2.45, 2.75) is 26.4 Å². The van der Waals surface area contributed by atoms with Gasteiger partial charge in [-0.15, -0.1) is 0 Å². The van der Waals surface area contributed by atoms with Crippen LogP contribution in [0.4, 0.5) is 0 Å². The Hall–Kier alpha value is -3.96. The van der Waals surface area contributed by atoms with E-state index in [1.807, 2.05) is 26.0 Å². The van der Waals surface area contributed by atoms with Crippen LogP contribution in [0, 0.1) is 11.8 Å². The van der Waals surface area contributed by atoms with Crippen molar-refractivity contribution in [3.8, 4) is 23.1 Å². The van der Waals surface area contributed by atoms with Gasteiger partial charge in [-0.1, -0.05) is 50.5 Å². The van der Waals surface area contributed by atoms with Crippen LogP contribution in [0.25, 0.3) is 17.0 Å². The summed E-state index contributed by atoms with van der Waals surface area (Å²) in [5.41, 5.74) is 3.06. The Kier molecular flexibility index (Phi) is 12.4. The Morgan fingerprint density at radius 3 is 2.68 bits per heavy atom. The van der Waals surface area contributed by atoms with Gasteiger partial charge >= 0.3 is 5.97 Å². The van der Waals surface area contributed by atoms with E-state index in [-0.39, 0.29) is 5.82 Å². The maximum Gasteiger partial charge on any atom is 0.376 e. The first-order valence-electron chi connectivity index (χ1n) is 10.9. The lowest BCUT2D eigenvalue weighted by molar-refractivity contribution is -0.117. The Morgan fingerprint density at radius 1 is 1.32 bits per heavy atom. The molecule has 0 saturated carbocycles. The molecule has 0 spiro atoms. The highest BCUT2D eigenvalue weighted by Crippen LogP contribution is 2.22. The number of carbonyl (C=O) groups excluding carboxylic acids is 2. The Balaban J connectivity index is 0.00000281. The van der Waals surface area contributed by atoms with Gasteiger partial charge in [0, 0.05) is 38.2 Å². The lowest BCUT2D eigenvalue weighted by Gasteiger charge is -2.11. The number of benzene rings is 1. The number of aromatic nitrogens is 2. The highest BCUT2D eigenvalue weighted by atomic mass is 16.5. The van der Waals surface area contributed by atoms with Crippen LogP contribution in [0.5, 0.6) is 0 Å². The molecule has 34 heavy (non-hydrogen) atoms. The van der Waals surface area contributed by atoms with E-state index in [0.29, 0.717) is 42.0 Å². The molecular weight excluding hydrogens is 432 g/mol. The highest BCUT2D eigenvalue weighted by Gasteiger charge is 2.15. The fourth-order valence-electron chi connectivity index (χ4n) is 2.70. The van der Waals surface area contributed by atoms with Gasteiger partial charge in [0.1, 0.15) is 6.10 Å². The van der Waals surface area contributed by atoms with E-state index < -0.39 is 12.1 Å². The van der Waals surface area contributed by atoms with Gasteiger partial charge in [-0.25, -0.2) is 14.8 Å². The maximum atomic E-state index is 12.1. The van der Waals surface area contributed by atoms with Crippen LogP contribution in [0.15, 0.2) is 49.1 Å². The summed E-state index contributed by atoms with van der Waals surface area (Å²) in [5, 5.41) is 13.1. The third kappa shape index (κ3) is 8.52. The number of carbonyl (C=O) groups is 2. The van der Waals surface area contributed by atoms with Crippen molar-refractivity contribution in [1.29, 1.82) is 0 Å². The molecule has 180 valence electrons. The molecule has 8 heteroatoms. The van der Waals surface area contributed by atoms with E-state index in [0.717, 1.165) is 5.56 Å². The van der Waals surface area contributed by atoms with Gasteiger partial charge in [-0.3, -0.25) is 4.79 Å². The van der Waals surface area contributed by atoms with Crippen LogP contribution < -0.4 is 5.32 Å². The van der Waals surface area contributed by atoms with Crippen LogP contribution in [0.1, 0.15) is 42.1 Å². The quantitative estimate of drug-likeness (QED) is 0.254. The second kappa shape index (κ2) is 15.0. The molecule has 0 aliphatic heterocycles. The minimum Gasteiger partial charge on any atom is -0.463 e. The molecule has 0 aliphatic rings. The van der Waals surface area contributed by atoms with Crippen LogP contribution in [-0.2, 0) is 9.53 Å². The van der Waals surface area contributed by atoms with E-state index >= 15 is 0 Å². The van der Waals surface area contributed by atoms with Crippen molar-refractivity contribution < 1.29 is 19.4 Å². The zero-order chi connectivity index (χ0) is 25.5. The number of hydrogen-bond acceptors (Lipinski definition) is 7. The van der Waals surface area contributed by atoms with E-state index in [2.05, 4.69) is 33.7 Å². The molecule has 0 saturated heterocycles. The highest BCUT2D eigenvalue weighted by molar-refractivity contribution is 5.86. The number of rotatable bonds is 9. The summed E-state index contributed by atoms with van der Waals surface area (Å²) in [7, 11) is 4.65. The molecule has 8 nitrogen and oxygen atoms in total. The predicted octanol–water partition coefficient (Wildman–Crippen LogP) is 2.89. The first-order valence-corrected chi connectivity index (χ1v) is 10.9. The van der Waals surface area contributed by atoms with Crippen molar-refractivity contribution in [2.75, 3.05) is 27.7 Å². The minimum absolute atomic E-state index is 0.0728. The standard InChI is InChI=1S/C24H26N4O4.C2H6/c1-5-7-20(25-2)22-15-21(26-23(27-22)24(31)32-4)18-9-6-8-17(14-18)10-11-19(30)12-13-28(3)16-29;1-2/h5-9,14-16,19,25,30H,1,12-13H2,2-4H3;1-2H3/b20-7-;. The average Bonchev–Trinajstić information content (AvgIpc) is 2.89. The zero-order valence-corrected chi connectivity index (χ0v) is 20.3. The number of nitrogens with one attached hydrogen (secondary N) is 1. The fourth-order valence-corrected chi connectivity index (χ4v) is 2.70. The monoisotopic (exact) mass is 464 g/mol. The lowest BCUT2D eigenvalue weighted by atomic mass is 10.1. The fraction of sp³-hybridized carbons (Fsp3) is 0.308. The van der Waals surface area contributed by atoms with Gasteiger partial charge in [0.2, 0.25) is 12.2 Å². The van der Waals surface area contributed by atoms with Crippen molar-refractivity contribution >= 4 is 18.1 Å². The van der Waals surface area contributed by atoms with E-state index in [4.69, 9.17) is 4.74 Å². The summed E-state index contributed by atoms with van der Waals surface area (Å²) in [6.45, 7) is 8.10. The van der Waals surface area contributed by atoms with Crippen molar-refractivity contribution in [2.24, 2.45) is 0 Å². The topological polar surface area (TPSA) is 105 Å². The molecule has 2 N–H and O–H groups in total. The van der Waals surface area contributed by atoms with Gasteiger partial charge in [0.15, 0.2) is 0 Å². The summed E-state index contributed by atoms with van der Waals surface area (Å²) in [4.78, 5) is 32.8. The summed E-state index contributed by atoms with van der Waals surface area (Å²) < 4.78 is 4.79. The number of aliphatic hydroxyl groups is 1. The second-order valence-electron chi connectivity index (χ2n) is 6.76. The van der Waals surface area contributed by atoms with Gasteiger partial charge in [-0.2, -0.15) is 0 Å². The Labute approximate surface area is 201 Å². The number of allylic oxidation sites excluding steroid dienone is 2. The zero-order valence-electron chi connectivity index (χ0n) is 20.3. The van der Waals surface area contributed by atoms with Crippen molar-refractivity contribution in [3.63, 3.8) is 0 Å². The number of methoxy groups -OCH3 is 1. The molecule has 1 unspecified atom stereocenters. The number of aliphatic hydroxyl groups excluding tert-OH is 1. The van der Waals surface area contributed by atoms with Gasteiger partial charge in [-0.05, 0) is 24.3 Å². The lowest BCUT2D eigenvalue weighted by Crippen LogP contribution is -2.21. The Morgan fingerprint density at radius 2 is 2.06 bits per heavy atom. The molecule has 0 bridgehead atoms.